The number of likely N-dealkylation sites (tertiary alicyclic amines) is 1. The highest BCUT2D eigenvalue weighted by molar-refractivity contribution is 5.35. The molecule has 0 aromatic carbocycles. The summed E-state index contributed by atoms with van der Waals surface area (Å²) in [6.07, 6.45) is 3.99. The van der Waals surface area contributed by atoms with Crippen LogP contribution < -0.4 is 5.32 Å². The van der Waals surface area contributed by atoms with Gasteiger partial charge in [0.05, 0.1) is 6.54 Å². The van der Waals surface area contributed by atoms with E-state index in [2.05, 4.69) is 26.3 Å². The van der Waals surface area contributed by atoms with Gasteiger partial charge in [-0.05, 0) is 45.4 Å². The summed E-state index contributed by atoms with van der Waals surface area (Å²) in [6.45, 7) is 7.00. The third-order valence-corrected chi connectivity index (χ3v) is 3.84. The topological polar surface area (TPSA) is 54.2 Å². The lowest BCUT2D eigenvalue weighted by molar-refractivity contribution is 0.193. The number of nitrogens with one attached hydrogen (secondary N) is 1. The van der Waals surface area contributed by atoms with Crippen molar-refractivity contribution in [1.29, 1.82) is 0 Å². The lowest BCUT2D eigenvalue weighted by Gasteiger charge is -2.32. The van der Waals surface area contributed by atoms with Gasteiger partial charge in [0, 0.05) is 24.3 Å². The number of rotatable bonds is 4. The van der Waals surface area contributed by atoms with Crippen molar-refractivity contribution in [3.63, 3.8) is 0 Å². The summed E-state index contributed by atoms with van der Waals surface area (Å²) in [5.41, 5.74) is 0.992. The first-order chi connectivity index (χ1) is 10.2. The van der Waals surface area contributed by atoms with Crippen molar-refractivity contribution in [2.75, 3.05) is 18.4 Å². The Morgan fingerprint density at radius 2 is 2.24 bits per heavy atom. The maximum atomic E-state index is 5.67. The van der Waals surface area contributed by atoms with Gasteiger partial charge < -0.3 is 9.73 Å². The molecule has 1 fully saturated rings. The number of aromatic nitrogens is 2. The molecule has 0 bridgehead atoms. The molecule has 0 saturated carbocycles. The first kappa shape index (κ1) is 14.1. The van der Waals surface area contributed by atoms with Crippen LogP contribution in [-0.2, 0) is 6.54 Å². The zero-order valence-electron chi connectivity index (χ0n) is 12.7. The predicted molar refractivity (Wildman–Crippen MR) is 82.1 cm³/mol. The Morgan fingerprint density at radius 1 is 1.33 bits per heavy atom. The highest BCUT2D eigenvalue weighted by atomic mass is 16.3. The van der Waals surface area contributed by atoms with Gasteiger partial charge in [0.2, 0.25) is 0 Å². The Kier molecular flexibility index (Phi) is 4.20. The summed E-state index contributed by atoms with van der Waals surface area (Å²) in [7, 11) is 0. The number of anilines is 1. The molecule has 0 aliphatic carbocycles. The third kappa shape index (κ3) is 3.82. The van der Waals surface area contributed by atoms with Gasteiger partial charge in [-0.3, -0.25) is 4.90 Å². The molecular formula is C16H22N4O. The zero-order chi connectivity index (χ0) is 14.7. The SMILES string of the molecule is Cc1cc(NC2CCCN(Cc3ccc(C)o3)C2)ncn1. The van der Waals surface area contributed by atoms with Crippen LogP contribution in [0.25, 0.3) is 0 Å². The number of hydrogen-bond donors (Lipinski definition) is 1. The molecule has 0 amide bonds. The summed E-state index contributed by atoms with van der Waals surface area (Å²) in [4.78, 5) is 10.9. The second-order valence-electron chi connectivity index (χ2n) is 5.78. The van der Waals surface area contributed by atoms with Gasteiger partial charge >= 0.3 is 0 Å². The van der Waals surface area contributed by atoms with E-state index >= 15 is 0 Å². The predicted octanol–water partition coefficient (Wildman–Crippen LogP) is 2.76. The molecule has 3 heterocycles. The van der Waals surface area contributed by atoms with Crippen LogP contribution >= 0.6 is 0 Å². The number of nitrogens with zero attached hydrogens (tertiary/aromatic N) is 3. The Balaban J connectivity index is 1.58. The lowest BCUT2D eigenvalue weighted by atomic mass is 10.1. The Morgan fingerprint density at radius 3 is 3.00 bits per heavy atom. The van der Waals surface area contributed by atoms with E-state index in [1.807, 2.05) is 26.0 Å². The molecule has 0 spiro atoms. The summed E-state index contributed by atoms with van der Waals surface area (Å²) in [5, 5.41) is 3.52. The van der Waals surface area contributed by atoms with Gasteiger partial charge in [-0.25, -0.2) is 9.97 Å². The minimum atomic E-state index is 0.434. The van der Waals surface area contributed by atoms with Crippen molar-refractivity contribution < 1.29 is 4.42 Å². The van der Waals surface area contributed by atoms with Gasteiger partial charge in [0.25, 0.3) is 0 Å². The lowest BCUT2D eigenvalue weighted by Crippen LogP contribution is -2.41. The molecule has 1 aliphatic heterocycles. The van der Waals surface area contributed by atoms with E-state index in [0.717, 1.165) is 42.7 Å². The van der Waals surface area contributed by atoms with Crippen molar-refractivity contribution in [3.05, 3.63) is 41.7 Å². The monoisotopic (exact) mass is 286 g/mol. The third-order valence-electron chi connectivity index (χ3n) is 3.84. The minimum Gasteiger partial charge on any atom is -0.465 e. The fourth-order valence-corrected chi connectivity index (χ4v) is 2.85. The molecule has 1 unspecified atom stereocenters. The first-order valence-electron chi connectivity index (χ1n) is 7.52. The normalized spacial score (nSPS) is 19.6. The fourth-order valence-electron chi connectivity index (χ4n) is 2.85. The largest absolute Gasteiger partial charge is 0.465 e. The molecule has 5 nitrogen and oxygen atoms in total. The molecule has 2 aromatic rings. The standard InChI is InChI=1S/C16H22N4O/c1-12-8-16(18-11-17-12)19-14-4-3-7-20(9-14)10-15-6-5-13(2)21-15/h5-6,8,11,14H,3-4,7,9-10H2,1-2H3,(H,17,18,19). The fraction of sp³-hybridized carbons (Fsp3) is 0.500. The molecule has 3 rings (SSSR count). The quantitative estimate of drug-likeness (QED) is 0.936. The Hall–Kier alpha value is -1.88. The van der Waals surface area contributed by atoms with E-state index < -0.39 is 0 Å². The average Bonchev–Trinajstić information content (AvgIpc) is 2.84. The summed E-state index contributed by atoms with van der Waals surface area (Å²) < 4.78 is 5.67. The van der Waals surface area contributed by atoms with Crippen LogP contribution in [0.2, 0.25) is 0 Å². The second-order valence-corrected chi connectivity index (χ2v) is 5.78. The highest BCUT2D eigenvalue weighted by Gasteiger charge is 2.21. The second kappa shape index (κ2) is 6.26. The molecular weight excluding hydrogens is 264 g/mol. The van der Waals surface area contributed by atoms with E-state index in [4.69, 9.17) is 4.42 Å². The van der Waals surface area contributed by atoms with Crippen LogP contribution in [0.5, 0.6) is 0 Å². The average molecular weight is 286 g/mol. The number of furan rings is 1. The number of hydrogen-bond acceptors (Lipinski definition) is 5. The molecule has 1 N–H and O–H groups in total. The van der Waals surface area contributed by atoms with Crippen LogP contribution in [0.3, 0.4) is 0 Å². The number of piperidine rings is 1. The van der Waals surface area contributed by atoms with Crippen LogP contribution in [0.1, 0.15) is 30.1 Å². The maximum Gasteiger partial charge on any atom is 0.129 e. The van der Waals surface area contributed by atoms with E-state index in [0.29, 0.717) is 6.04 Å². The Bertz CT molecular complexity index is 595. The van der Waals surface area contributed by atoms with Crippen molar-refractivity contribution in [1.82, 2.24) is 14.9 Å². The van der Waals surface area contributed by atoms with Crippen molar-refractivity contribution in [2.24, 2.45) is 0 Å². The van der Waals surface area contributed by atoms with Crippen LogP contribution in [-0.4, -0.2) is 34.0 Å². The van der Waals surface area contributed by atoms with Gasteiger partial charge in [-0.2, -0.15) is 0 Å². The molecule has 21 heavy (non-hydrogen) atoms. The van der Waals surface area contributed by atoms with Crippen molar-refractivity contribution in [3.8, 4) is 0 Å². The zero-order valence-corrected chi connectivity index (χ0v) is 12.7. The molecule has 1 aliphatic rings. The minimum absolute atomic E-state index is 0.434. The molecule has 1 atom stereocenters. The first-order valence-corrected chi connectivity index (χ1v) is 7.52. The molecule has 5 heteroatoms. The van der Waals surface area contributed by atoms with Crippen molar-refractivity contribution in [2.45, 2.75) is 39.3 Å². The van der Waals surface area contributed by atoms with Gasteiger partial charge in [-0.15, -0.1) is 0 Å². The van der Waals surface area contributed by atoms with E-state index in [1.165, 1.54) is 12.8 Å². The molecule has 0 radical (unpaired) electrons. The van der Waals surface area contributed by atoms with Gasteiger partial charge in [-0.1, -0.05) is 0 Å². The smallest absolute Gasteiger partial charge is 0.129 e. The van der Waals surface area contributed by atoms with E-state index in [1.54, 1.807) is 6.33 Å². The van der Waals surface area contributed by atoms with Crippen LogP contribution in [0.15, 0.2) is 28.9 Å². The van der Waals surface area contributed by atoms with Gasteiger partial charge in [0.1, 0.15) is 23.7 Å². The molecule has 112 valence electrons. The summed E-state index contributed by atoms with van der Waals surface area (Å²) in [6, 6.07) is 6.53. The van der Waals surface area contributed by atoms with E-state index in [9.17, 15) is 0 Å². The van der Waals surface area contributed by atoms with Gasteiger partial charge in [0.15, 0.2) is 0 Å². The summed E-state index contributed by atoms with van der Waals surface area (Å²) in [5.74, 6) is 2.95. The molecule has 1 saturated heterocycles. The van der Waals surface area contributed by atoms with Crippen LogP contribution in [0, 0.1) is 13.8 Å². The molecule has 2 aromatic heterocycles. The van der Waals surface area contributed by atoms with E-state index in [-0.39, 0.29) is 0 Å². The summed E-state index contributed by atoms with van der Waals surface area (Å²) >= 11 is 0. The number of aryl methyl sites for hydroxylation is 2. The van der Waals surface area contributed by atoms with Crippen LogP contribution in [0.4, 0.5) is 5.82 Å². The maximum absolute atomic E-state index is 5.67. The highest BCUT2D eigenvalue weighted by Crippen LogP contribution is 2.18. The Labute approximate surface area is 125 Å². The van der Waals surface area contributed by atoms with Crippen molar-refractivity contribution >= 4 is 5.82 Å².